The summed E-state index contributed by atoms with van der Waals surface area (Å²) >= 11 is 0. The molecule has 0 amide bonds. The van der Waals surface area contributed by atoms with Crippen LogP contribution in [0, 0.1) is 6.92 Å². The Morgan fingerprint density at radius 2 is 2.06 bits per heavy atom. The van der Waals surface area contributed by atoms with Crippen molar-refractivity contribution in [2.45, 2.75) is 32.4 Å². The normalized spacial score (nSPS) is 16.8. The number of nitrogens with zero attached hydrogens (tertiary/aromatic N) is 8. The number of fused-ring (bicyclic) bond motifs is 3. The number of aromatic nitrogens is 6. The van der Waals surface area contributed by atoms with Crippen LogP contribution in [0.15, 0.2) is 41.3 Å². The zero-order valence-corrected chi connectivity index (χ0v) is 18.1. The first-order valence-corrected chi connectivity index (χ1v) is 10.6. The fourth-order valence-electron chi connectivity index (χ4n) is 4.60. The zero-order valence-electron chi connectivity index (χ0n) is 18.1. The molecule has 5 rings (SSSR count). The lowest BCUT2D eigenvalue weighted by Gasteiger charge is -2.28. The first-order valence-electron chi connectivity index (χ1n) is 10.6. The molecular weight excluding hydrogens is 392 g/mol. The van der Waals surface area contributed by atoms with E-state index in [4.69, 9.17) is 0 Å². The first kappa shape index (κ1) is 19.6. The molecule has 0 aliphatic carbocycles. The van der Waals surface area contributed by atoms with Gasteiger partial charge in [-0.05, 0) is 51.1 Å². The average molecular weight is 419 g/mol. The minimum Gasteiger partial charge on any atom is -0.351 e. The van der Waals surface area contributed by atoms with Gasteiger partial charge in [-0.1, -0.05) is 11.6 Å². The highest BCUT2D eigenvalue weighted by atomic mass is 16.1. The van der Waals surface area contributed by atoms with E-state index in [0.717, 1.165) is 48.7 Å². The van der Waals surface area contributed by atoms with Gasteiger partial charge in [0, 0.05) is 32.4 Å². The standard InChI is InChI=1S/C22H26N8O/c1-15-8-9-18-17(12-15)21(31)28(3)22-26-25-20(30(18)22)14-27(2)13-16-6-5-11-29(16)19-7-4-10-23-24-19/h4,7-10,12,16H,5-6,11,13-14H2,1-3H3. The molecule has 31 heavy (non-hydrogen) atoms. The van der Waals surface area contributed by atoms with Crippen LogP contribution >= 0.6 is 0 Å². The van der Waals surface area contributed by atoms with Gasteiger partial charge in [-0.3, -0.25) is 18.7 Å². The van der Waals surface area contributed by atoms with Gasteiger partial charge < -0.3 is 4.90 Å². The van der Waals surface area contributed by atoms with Gasteiger partial charge in [-0.2, -0.15) is 5.10 Å². The first-order chi connectivity index (χ1) is 15.0. The Labute approximate surface area is 179 Å². The van der Waals surface area contributed by atoms with Crippen LogP contribution < -0.4 is 10.5 Å². The van der Waals surface area contributed by atoms with E-state index in [1.807, 2.05) is 41.7 Å². The number of likely N-dealkylation sites (N-methyl/N-ethyl adjacent to an activating group) is 1. The molecule has 9 heteroatoms. The van der Waals surface area contributed by atoms with Gasteiger partial charge in [0.25, 0.3) is 5.56 Å². The van der Waals surface area contributed by atoms with Crippen molar-refractivity contribution in [1.82, 2.24) is 34.3 Å². The zero-order chi connectivity index (χ0) is 21.5. The summed E-state index contributed by atoms with van der Waals surface area (Å²) < 4.78 is 3.58. The second-order valence-corrected chi connectivity index (χ2v) is 8.40. The SMILES string of the molecule is Cc1ccc2c(c1)c(=O)n(C)c1nnc(CN(C)CC3CCCN3c3cccnn3)n21. The van der Waals surface area contributed by atoms with Crippen molar-refractivity contribution in [3.8, 4) is 0 Å². The molecule has 0 bridgehead atoms. The Morgan fingerprint density at radius 1 is 1.19 bits per heavy atom. The Hall–Kier alpha value is -3.33. The Balaban J connectivity index is 1.44. The van der Waals surface area contributed by atoms with E-state index in [1.54, 1.807) is 17.8 Å². The third-order valence-electron chi connectivity index (χ3n) is 6.10. The van der Waals surface area contributed by atoms with Crippen LogP contribution in [0.25, 0.3) is 16.7 Å². The summed E-state index contributed by atoms with van der Waals surface area (Å²) in [5.41, 5.74) is 1.85. The van der Waals surface area contributed by atoms with Crippen LogP contribution in [0.4, 0.5) is 5.82 Å². The smallest absolute Gasteiger partial charge is 0.262 e. The molecule has 1 unspecified atom stereocenters. The maximum Gasteiger partial charge on any atom is 0.262 e. The van der Waals surface area contributed by atoms with E-state index >= 15 is 0 Å². The van der Waals surface area contributed by atoms with Gasteiger partial charge in [0.2, 0.25) is 5.78 Å². The molecule has 4 heterocycles. The Kier molecular flexibility index (Phi) is 4.90. The molecule has 1 atom stereocenters. The highest BCUT2D eigenvalue weighted by Gasteiger charge is 2.27. The van der Waals surface area contributed by atoms with E-state index in [1.165, 1.54) is 0 Å². The van der Waals surface area contributed by atoms with E-state index in [0.29, 0.717) is 23.8 Å². The van der Waals surface area contributed by atoms with Gasteiger partial charge in [-0.25, -0.2) is 0 Å². The second kappa shape index (κ2) is 7.73. The summed E-state index contributed by atoms with van der Waals surface area (Å²) in [5, 5.41) is 17.8. The lowest BCUT2D eigenvalue weighted by Crippen LogP contribution is -2.39. The predicted octanol–water partition coefficient (Wildman–Crippen LogP) is 1.78. The van der Waals surface area contributed by atoms with Crippen molar-refractivity contribution < 1.29 is 0 Å². The quantitative estimate of drug-likeness (QED) is 0.488. The molecule has 160 valence electrons. The lowest BCUT2D eigenvalue weighted by molar-refractivity contribution is 0.295. The molecule has 3 aromatic heterocycles. The molecule has 1 aliphatic rings. The number of hydrogen-bond donors (Lipinski definition) is 0. The second-order valence-electron chi connectivity index (χ2n) is 8.40. The lowest BCUT2D eigenvalue weighted by atomic mass is 10.1. The van der Waals surface area contributed by atoms with Crippen LogP contribution in [0.5, 0.6) is 0 Å². The van der Waals surface area contributed by atoms with E-state index in [2.05, 4.69) is 37.2 Å². The highest BCUT2D eigenvalue weighted by Crippen LogP contribution is 2.24. The number of rotatable bonds is 5. The molecule has 9 nitrogen and oxygen atoms in total. The number of anilines is 1. The molecule has 0 saturated carbocycles. The predicted molar refractivity (Wildman–Crippen MR) is 119 cm³/mol. The number of benzene rings is 1. The van der Waals surface area contributed by atoms with Crippen LogP contribution in [0.1, 0.15) is 24.2 Å². The molecule has 4 aromatic rings. The molecule has 1 aromatic carbocycles. The van der Waals surface area contributed by atoms with Crippen molar-refractivity contribution in [3.05, 3.63) is 58.3 Å². The van der Waals surface area contributed by atoms with Crippen LogP contribution in [0.2, 0.25) is 0 Å². The van der Waals surface area contributed by atoms with Crippen LogP contribution in [-0.4, -0.2) is 60.4 Å². The minimum absolute atomic E-state index is 0.0518. The van der Waals surface area contributed by atoms with Crippen LogP contribution in [-0.2, 0) is 13.6 Å². The van der Waals surface area contributed by atoms with Crippen molar-refractivity contribution in [2.75, 3.05) is 25.0 Å². The van der Waals surface area contributed by atoms with E-state index < -0.39 is 0 Å². The summed E-state index contributed by atoms with van der Waals surface area (Å²) in [6, 6.07) is 10.3. The molecule has 1 aliphatic heterocycles. The summed E-state index contributed by atoms with van der Waals surface area (Å²) in [4.78, 5) is 17.4. The minimum atomic E-state index is -0.0518. The van der Waals surface area contributed by atoms with Gasteiger partial charge in [0.05, 0.1) is 17.4 Å². The molecular formula is C22H26N8O. The highest BCUT2D eigenvalue weighted by molar-refractivity contribution is 5.81. The Morgan fingerprint density at radius 3 is 2.87 bits per heavy atom. The molecule has 1 fully saturated rings. The Bertz CT molecular complexity index is 1300. The number of hydrogen-bond acceptors (Lipinski definition) is 7. The maximum absolute atomic E-state index is 12.8. The molecule has 0 spiro atoms. The fourth-order valence-corrected chi connectivity index (χ4v) is 4.60. The van der Waals surface area contributed by atoms with Crippen molar-refractivity contribution >= 4 is 22.5 Å². The van der Waals surface area contributed by atoms with Crippen molar-refractivity contribution in [3.63, 3.8) is 0 Å². The summed E-state index contributed by atoms with van der Waals surface area (Å²) in [6.07, 6.45) is 3.98. The largest absolute Gasteiger partial charge is 0.351 e. The van der Waals surface area contributed by atoms with Gasteiger partial charge >= 0.3 is 0 Å². The van der Waals surface area contributed by atoms with E-state index in [9.17, 15) is 4.79 Å². The summed E-state index contributed by atoms with van der Waals surface area (Å²) in [5.74, 6) is 2.32. The monoisotopic (exact) mass is 418 g/mol. The van der Waals surface area contributed by atoms with Gasteiger partial charge in [0.1, 0.15) is 0 Å². The molecule has 0 N–H and O–H groups in total. The van der Waals surface area contributed by atoms with Gasteiger partial charge in [0.15, 0.2) is 11.6 Å². The average Bonchev–Trinajstić information content (AvgIpc) is 3.40. The maximum atomic E-state index is 12.8. The fraction of sp³-hybridized carbons (Fsp3) is 0.409. The van der Waals surface area contributed by atoms with Crippen molar-refractivity contribution in [1.29, 1.82) is 0 Å². The molecule has 0 radical (unpaired) electrons. The topological polar surface area (TPSA) is 84.5 Å². The van der Waals surface area contributed by atoms with Gasteiger partial charge in [-0.15, -0.1) is 15.3 Å². The third kappa shape index (κ3) is 3.44. The van der Waals surface area contributed by atoms with E-state index in [-0.39, 0.29) is 5.56 Å². The third-order valence-corrected chi connectivity index (χ3v) is 6.10. The summed E-state index contributed by atoms with van der Waals surface area (Å²) in [7, 11) is 3.85. The molecule has 1 saturated heterocycles. The number of aryl methyl sites for hydroxylation is 2. The summed E-state index contributed by atoms with van der Waals surface area (Å²) in [6.45, 7) is 4.51. The van der Waals surface area contributed by atoms with Crippen molar-refractivity contribution in [2.24, 2.45) is 7.05 Å². The van der Waals surface area contributed by atoms with Crippen LogP contribution in [0.3, 0.4) is 0 Å².